The first-order valence-electron chi connectivity index (χ1n) is 8.55. The second kappa shape index (κ2) is 7.90. The molecule has 2 aromatic rings. The molecule has 0 radical (unpaired) electrons. The number of nitrogens with one attached hydrogen (secondary N) is 1. The van der Waals surface area contributed by atoms with Gasteiger partial charge in [-0.25, -0.2) is 0 Å². The number of anilines is 1. The lowest BCUT2D eigenvalue weighted by atomic mass is 9.82. The number of aliphatic hydroxyl groups is 1. The van der Waals surface area contributed by atoms with Crippen LogP contribution >= 0.6 is 11.6 Å². The number of carbonyl (C=O) groups is 1. The second-order valence-electron chi connectivity index (χ2n) is 6.61. The molecule has 0 saturated heterocycles. The number of carbonyl (C=O) groups excluding carboxylic acids is 1. The van der Waals surface area contributed by atoms with Crippen molar-refractivity contribution >= 4 is 23.2 Å². The van der Waals surface area contributed by atoms with Gasteiger partial charge in [0.05, 0.1) is 16.7 Å². The third-order valence-corrected chi connectivity index (χ3v) is 5.23. The molecule has 5 nitrogen and oxygen atoms in total. The number of amides is 1. The monoisotopic (exact) mass is 402 g/mol. The van der Waals surface area contributed by atoms with Crippen molar-refractivity contribution in [1.29, 1.82) is 0 Å². The highest BCUT2D eigenvalue weighted by atomic mass is 35.5. The number of hydrogen-bond donors (Lipinski definition) is 2. The number of aliphatic hydroxyl groups excluding tert-OH is 1. The highest BCUT2D eigenvalue weighted by Gasteiger charge is 2.36. The molecular weight excluding hydrogens is 385 g/mol. The number of aromatic nitrogens is 1. The minimum Gasteiger partial charge on any atom is -0.393 e. The maximum absolute atomic E-state index is 13.3. The van der Waals surface area contributed by atoms with Crippen LogP contribution in [0.1, 0.15) is 47.3 Å². The number of benzene rings is 1. The summed E-state index contributed by atoms with van der Waals surface area (Å²) in [6, 6.07) is 3.35. The fourth-order valence-corrected chi connectivity index (χ4v) is 3.71. The summed E-state index contributed by atoms with van der Waals surface area (Å²) < 4.78 is 44.4. The van der Waals surface area contributed by atoms with Gasteiger partial charge in [0.2, 0.25) is 0 Å². The second-order valence-corrected chi connectivity index (χ2v) is 6.98. The Morgan fingerprint density at radius 3 is 2.67 bits per heavy atom. The molecule has 2 N–H and O–H groups in total. The first kappa shape index (κ1) is 19.7. The van der Waals surface area contributed by atoms with Crippen LogP contribution in [0.4, 0.5) is 18.9 Å². The van der Waals surface area contributed by atoms with E-state index in [9.17, 15) is 23.1 Å². The summed E-state index contributed by atoms with van der Waals surface area (Å²) in [6.07, 6.45) is -0.823. The molecule has 3 rings (SSSR count). The maximum atomic E-state index is 13.3. The van der Waals surface area contributed by atoms with Gasteiger partial charge in [-0.3, -0.25) is 4.79 Å². The Kier molecular flexibility index (Phi) is 5.76. The van der Waals surface area contributed by atoms with Gasteiger partial charge < -0.3 is 14.9 Å². The summed E-state index contributed by atoms with van der Waals surface area (Å²) in [5.41, 5.74) is -0.647. The van der Waals surface area contributed by atoms with E-state index in [2.05, 4.69) is 15.0 Å². The van der Waals surface area contributed by atoms with Crippen molar-refractivity contribution in [2.45, 2.75) is 44.4 Å². The third-order valence-electron chi connectivity index (χ3n) is 4.80. The Labute approximate surface area is 158 Å². The van der Waals surface area contributed by atoms with Crippen LogP contribution in [0.25, 0.3) is 0 Å². The number of rotatable bonds is 4. The normalized spacial score (nSPS) is 20.5. The molecule has 1 amide bonds. The van der Waals surface area contributed by atoms with Gasteiger partial charge in [-0.2, -0.15) is 13.2 Å². The van der Waals surface area contributed by atoms with Crippen LogP contribution in [0, 0.1) is 5.92 Å². The molecule has 2 atom stereocenters. The molecule has 27 heavy (non-hydrogen) atoms. The van der Waals surface area contributed by atoms with Gasteiger partial charge in [-0.15, -0.1) is 0 Å². The molecular formula is C18H18ClF3N2O3. The average Bonchev–Trinajstić information content (AvgIpc) is 3.13. The molecule has 0 aliphatic heterocycles. The number of halogens is 4. The molecule has 0 unspecified atom stereocenters. The third kappa shape index (κ3) is 4.44. The quantitative estimate of drug-likeness (QED) is 0.777. The largest absolute Gasteiger partial charge is 0.417 e. The van der Waals surface area contributed by atoms with E-state index < -0.39 is 28.8 Å². The molecule has 0 spiro atoms. The van der Waals surface area contributed by atoms with Crippen molar-refractivity contribution in [3.05, 3.63) is 46.3 Å². The van der Waals surface area contributed by atoms with Gasteiger partial charge >= 0.3 is 6.18 Å². The lowest BCUT2D eigenvalue weighted by molar-refractivity contribution is -0.137. The lowest BCUT2D eigenvalue weighted by Crippen LogP contribution is -2.27. The predicted molar refractivity (Wildman–Crippen MR) is 92.6 cm³/mol. The standard InChI is InChI=1S/C18H18ClF3N2O3/c19-16-11(9-10-3-1-2-4-15(10)25)13(6-5-12(16)18(20,21)22)23-17(26)14-7-8-27-24-14/h5-8,10,15,25H,1-4,9H2,(H,23,26)/t10-,15+/m0/s1. The van der Waals surface area contributed by atoms with Crippen LogP contribution in [-0.2, 0) is 12.6 Å². The van der Waals surface area contributed by atoms with Gasteiger partial charge in [0.15, 0.2) is 5.69 Å². The Bertz CT molecular complexity index is 809. The van der Waals surface area contributed by atoms with Crippen LogP contribution < -0.4 is 5.32 Å². The van der Waals surface area contributed by atoms with Crippen molar-refractivity contribution in [1.82, 2.24) is 5.16 Å². The fourth-order valence-electron chi connectivity index (χ4n) is 3.36. The first-order chi connectivity index (χ1) is 12.8. The summed E-state index contributed by atoms with van der Waals surface area (Å²) in [5, 5.41) is 15.8. The Morgan fingerprint density at radius 1 is 1.30 bits per heavy atom. The Hall–Kier alpha value is -2.06. The van der Waals surface area contributed by atoms with E-state index in [1.54, 1.807) is 0 Å². The summed E-state index contributed by atoms with van der Waals surface area (Å²) in [7, 11) is 0. The predicted octanol–water partition coefficient (Wildman–Crippen LogP) is 4.69. The Morgan fingerprint density at radius 2 is 2.04 bits per heavy atom. The van der Waals surface area contributed by atoms with Gasteiger partial charge in [-0.1, -0.05) is 29.6 Å². The van der Waals surface area contributed by atoms with E-state index in [0.717, 1.165) is 18.9 Å². The van der Waals surface area contributed by atoms with Crippen LogP contribution in [-0.4, -0.2) is 22.3 Å². The minimum atomic E-state index is -4.62. The van der Waals surface area contributed by atoms with E-state index in [0.29, 0.717) is 12.8 Å². The van der Waals surface area contributed by atoms with Crippen LogP contribution in [0.5, 0.6) is 0 Å². The molecule has 9 heteroatoms. The summed E-state index contributed by atoms with van der Waals surface area (Å²) >= 11 is 6.09. The highest BCUT2D eigenvalue weighted by molar-refractivity contribution is 6.32. The highest BCUT2D eigenvalue weighted by Crippen LogP contribution is 2.41. The zero-order valence-corrected chi connectivity index (χ0v) is 15.0. The van der Waals surface area contributed by atoms with Crippen molar-refractivity contribution in [3.63, 3.8) is 0 Å². The number of hydrogen-bond acceptors (Lipinski definition) is 4. The van der Waals surface area contributed by atoms with Gasteiger partial charge in [0.25, 0.3) is 5.91 Å². The van der Waals surface area contributed by atoms with Crippen molar-refractivity contribution in [2.24, 2.45) is 5.92 Å². The summed E-state index contributed by atoms with van der Waals surface area (Å²) in [6.45, 7) is 0. The molecule has 1 aliphatic carbocycles. The van der Waals surface area contributed by atoms with Crippen LogP contribution in [0.15, 0.2) is 29.0 Å². The van der Waals surface area contributed by atoms with Crippen LogP contribution in [0.2, 0.25) is 5.02 Å². The Balaban J connectivity index is 1.96. The van der Waals surface area contributed by atoms with E-state index >= 15 is 0 Å². The molecule has 1 aromatic carbocycles. The average molecular weight is 403 g/mol. The van der Waals surface area contributed by atoms with Crippen molar-refractivity contribution in [2.75, 3.05) is 5.32 Å². The molecule has 1 aromatic heterocycles. The van der Waals surface area contributed by atoms with E-state index in [4.69, 9.17) is 11.6 Å². The zero-order chi connectivity index (χ0) is 19.6. The van der Waals surface area contributed by atoms with E-state index in [1.807, 2.05) is 0 Å². The number of alkyl halides is 3. The van der Waals surface area contributed by atoms with Crippen LogP contribution in [0.3, 0.4) is 0 Å². The molecule has 1 saturated carbocycles. The molecule has 1 fully saturated rings. The van der Waals surface area contributed by atoms with E-state index in [1.165, 1.54) is 18.4 Å². The van der Waals surface area contributed by atoms with E-state index in [-0.39, 0.29) is 29.3 Å². The fraction of sp³-hybridized carbons (Fsp3) is 0.444. The summed E-state index contributed by atoms with van der Waals surface area (Å²) in [5.74, 6) is -0.840. The first-order valence-corrected chi connectivity index (χ1v) is 8.93. The molecule has 146 valence electrons. The van der Waals surface area contributed by atoms with Crippen molar-refractivity contribution in [3.8, 4) is 0 Å². The minimum absolute atomic E-state index is 0.00493. The SMILES string of the molecule is O=C(Nc1ccc(C(F)(F)F)c(Cl)c1C[C@@H]1CCCC[C@H]1O)c1ccon1. The van der Waals surface area contributed by atoms with Gasteiger partial charge in [0.1, 0.15) is 6.26 Å². The summed E-state index contributed by atoms with van der Waals surface area (Å²) in [4.78, 5) is 12.2. The zero-order valence-electron chi connectivity index (χ0n) is 14.2. The smallest absolute Gasteiger partial charge is 0.393 e. The molecule has 1 heterocycles. The molecule has 0 bridgehead atoms. The molecule has 1 aliphatic rings. The topological polar surface area (TPSA) is 75.4 Å². The van der Waals surface area contributed by atoms with Crippen molar-refractivity contribution < 1.29 is 27.6 Å². The number of nitrogens with zero attached hydrogens (tertiary/aromatic N) is 1. The van der Waals surface area contributed by atoms with Gasteiger partial charge in [0, 0.05) is 11.8 Å². The van der Waals surface area contributed by atoms with Gasteiger partial charge in [-0.05, 0) is 42.9 Å². The lowest BCUT2D eigenvalue weighted by Gasteiger charge is -2.29. The maximum Gasteiger partial charge on any atom is 0.417 e.